The zero-order valence-corrected chi connectivity index (χ0v) is 19.5. The second-order valence-electron chi connectivity index (χ2n) is 9.02. The van der Waals surface area contributed by atoms with E-state index in [0.29, 0.717) is 35.5 Å². The summed E-state index contributed by atoms with van der Waals surface area (Å²) in [6.07, 6.45) is 4.20. The van der Waals surface area contributed by atoms with Crippen molar-refractivity contribution < 1.29 is 24.0 Å². The first kappa shape index (κ1) is 22.8. The Labute approximate surface area is 202 Å². The number of nitrogens with one attached hydrogen (secondary N) is 1. The van der Waals surface area contributed by atoms with Crippen LogP contribution in [0.2, 0.25) is 0 Å². The Morgan fingerprint density at radius 3 is 2.11 bits per heavy atom. The highest BCUT2D eigenvalue weighted by molar-refractivity contribution is 6.06. The highest BCUT2D eigenvalue weighted by Crippen LogP contribution is 2.46. The van der Waals surface area contributed by atoms with E-state index in [1.165, 1.54) is 12.1 Å². The number of dihydropyridines is 1. The van der Waals surface area contributed by atoms with Gasteiger partial charge < -0.3 is 14.8 Å². The average Bonchev–Trinajstić information content (AvgIpc) is 2.87. The first-order valence-corrected chi connectivity index (χ1v) is 11.8. The molecular formula is C27H26N2O6. The Kier molecular flexibility index (Phi) is 6.11. The molecule has 1 heterocycles. The van der Waals surface area contributed by atoms with Gasteiger partial charge in [-0.15, -0.1) is 0 Å². The summed E-state index contributed by atoms with van der Waals surface area (Å²) in [6.45, 7) is 0.211. The molecule has 2 aromatic rings. The van der Waals surface area contributed by atoms with E-state index in [9.17, 15) is 19.7 Å². The van der Waals surface area contributed by atoms with E-state index in [0.717, 1.165) is 48.2 Å². The Morgan fingerprint density at radius 2 is 1.54 bits per heavy atom. The summed E-state index contributed by atoms with van der Waals surface area (Å²) in [6, 6.07) is 11.7. The molecule has 0 spiro atoms. The number of allylic oxidation sites excluding steroid dienone is 4. The number of carbonyl (C=O) groups excluding carboxylic acids is 2. The number of hydrogen-bond acceptors (Lipinski definition) is 7. The lowest BCUT2D eigenvalue weighted by molar-refractivity contribution is -0.384. The van der Waals surface area contributed by atoms with E-state index in [-0.39, 0.29) is 23.9 Å². The van der Waals surface area contributed by atoms with Gasteiger partial charge in [0, 0.05) is 53.4 Å². The molecule has 0 unspecified atom stereocenters. The van der Waals surface area contributed by atoms with Crippen molar-refractivity contribution in [1.29, 1.82) is 0 Å². The summed E-state index contributed by atoms with van der Waals surface area (Å²) in [4.78, 5) is 36.4. The molecule has 0 fully saturated rings. The number of hydrogen-bond donors (Lipinski definition) is 1. The van der Waals surface area contributed by atoms with E-state index in [1.807, 2.05) is 12.1 Å². The van der Waals surface area contributed by atoms with Crippen molar-refractivity contribution in [2.24, 2.45) is 0 Å². The fourth-order valence-electron chi connectivity index (χ4n) is 5.17. The number of nitro benzene ring substituents is 1. The highest BCUT2D eigenvalue weighted by Gasteiger charge is 2.40. The molecule has 8 heteroatoms. The lowest BCUT2D eigenvalue weighted by Crippen LogP contribution is -2.36. The van der Waals surface area contributed by atoms with Crippen molar-refractivity contribution in [3.63, 3.8) is 0 Å². The molecule has 5 rings (SSSR count). The minimum atomic E-state index is -0.441. The van der Waals surface area contributed by atoms with Gasteiger partial charge in [-0.3, -0.25) is 19.7 Å². The topological polar surface area (TPSA) is 108 Å². The molecule has 0 saturated heterocycles. The summed E-state index contributed by atoms with van der Waals surface area (Å²) in [5, 5.41) is 14.3. The number of nitrogens with zero attached hydrogens (tertiary/aromatic N) is 1. The summed E-state index contributed by atoms with van der Waals surface area (Å²) in [5.41, 5.74) is 4.92. The maximum Gasteiger partial charge on any atom is 0.269 e. The zero-order chi connectivity index (χ0) is 24.5. The van der Waals surface area contributed by atoms with Gasteiger partial charge in [0.25, 0.3) is 5.69 Å². The molecule has 8 nitrogen and oxygen atoms in total. The Bertz CT molecular complexity index is 1230. The molecule has 2 aliphatic carbocycles. The van der Waals surface area contributed by atoms with Crippen molar-refractivity contribution in [3.8, 4) is 11.5 Å². The molecule has 0 amide bonds. The van der Waals surface area contributed by atoms with Crippen molar-refractivity contribution in [2.45, 2.75) is 51.0 Å². The summed E-state index contributed by atoms with van der Waals surface area (Å²) in [7, 11) is 1.55. The van der Waals surface area contributed by atoms with E-state index < -0.39 is 10.8 Å². The number of benzene rings is 2. The van der Waals surface area contributed by atoms with Gasteiger partial charge in [0.05, 0.1) is 12.0 Å². The molecule has 0 radical (unpaired) electrons. The number of rotatable bonds is 6. The Hall–Kier alpha value is -3.94. The van der Waals surface area contributed by atoms with Crippen LogP contribution in [0.15, 0.2) is 65.0 Å². The van der Waals surface area contributed by atoms with Gasteiger partial charge in [0.15, 0.2) is 23.1 Å². The van der Waals surface area contributed by atoms with Gasteiger partial charge in [-0.25, -0.2) is 0 Å². The molecule has 0 atom stereocenters. The number of ether oxygens (including phenoxy) is 2. The van der Waals surface area contributed by atoms with Crippen LogP contribution in [0.1, 0.15) is 55.6 Å². The summed E-state index contributed by atoms with van der Waals surface area (Å²) >= 11 is 0. The fourth-order valence-corrected chi connectivity index (χ4v) is 5.17. The van der Waals surface area contributed by atoms with Gasteiger partial charge in [0.1, 0.15) is 6.61 Å². The second kappa shape index (κ2) is 9.37. The number of non-ortho nitro benzene ring substituents is 1. The number of ketones is 2. The minimum absolute atomic E-state index is 0.0227. The normalized spacial score (nSPS) is 18.1. The van der Waals surface area contributed by atoms with Crippen molar-refractivity contribution in [2.75, 3.05) is 7.11 Å². The van der Waals surface area contributed by atoms with Gasteiger partial charge in [-0.05, 0) is 61.1 Å². The van der Waals surface area contributed by atoms with E-state index in [1.54, 1.807) is 25.3 Å². The lowest BCUT2D eigenvalue weighted by Gasteiger charge is -2.37. The quantitative estimate of drug-likeness (QED) is 0.469. The van der Waals surface area contributed by atoms with Crippen LogP contribution < -0.4 is 14.8 Å². The van der Waals surface area contributed by atoms with Crippen LogP contribution in [0.4, 0.5) is 5.69 Å². The third kappa shape index (κ3) is 4.32. The van der Waals surface area contributed by atoms with Crippen LogP contribution in [0.3, 0.4) is 0 Å². The SMILES string of the molecule is COc1cc(C2C3=C(CCCC3=O)NC3=C2C(=O)CCC3)ccc1OCc1ccc([N+](=O)[O-])cc1. The van der Waals surface area contributed by atoms with Crippen LogP contribution in [-0.2, 0) is 16.2 Å². The van der Waals surface area contributed by atoms with Gasteiger partial charge in [-0.2, -0.15) is 0 Å². The molecule has 1 aliphatic heterocycles. The maximum absolute atomic E-state index is 13.0. The Balaban J connectivity index is 1.46. The molecule has 35 heavy (non-hydrogen) atoms. The van der Waals surface area contributed by atoms with Crippen molar-refractivity contribution in [3.05, 3.63) is 86.2 Å². The summed E-state index contributed by atoms with van der Waals surface area (Å²) < 4.78 is 11.6. The number of nitro groups is 1. The molecule has 0 aromatic heterocycles. The van der Waals surface area contributed by atoms with Crippen LogP contribution in [0.25, 0.3) is 0 Å². The zero-order valence-electron chi connectivity index (χ0n) is 19.5. The van der Waals surface area contributed by atoms with E-state index >= 15 is 0 Å². The van der Waals surface area contributed by atoms with Gasteiger partial charge >= 0.3 is 0 Å². The second-order valence-corrected chi connectivity index (χ2v) is 9.02. The third-order valence-corrected chi connectivity index (χ3v) is 6.85. The van der Waals surface area contributed by atoms with Gasteiger partial charge in [-0.1, -0.05) is 6.07 Å². The standard InChI is InChI=1S/C27H26N2O6/c1-34-24-14-17(10-13-23(24)35-15-16-8-11-18(12-9-16)29(32)33)25-26-19(4-2-6-21(26)30)28-20-5-3-7-22(31)27(20)25/h8-14,25,28H,2-7,15H2,1H3. The maximum atomic E-state index is 13.0. The van der Waals surface area contributed by atoms with E-state index in [4.69, 9.17) is 9.47 Å². The molecule has 3 aliphatic rings. The predicted octanol–water partition coefficient (Wildman–Crippen LogP) is 4.88. The number of carbonyl (C=O) groups is 2. The van der Waals surface area contributed by atoms with Gasteiger partial charge in [0.2, 0.25) is 0 Å². The highest BCUT2D eigenvalue weighted by atomic mass is 16.6. The monoisotopic (exact) mass is 474 g/mol. The van der Waals surface area contributed by atoms with E-state index in [2.05, 4.69) is 5.32 Å². The van der Waals surface area contributed by atoms with Crippen molar-refractivity contribution in [1.82, 2.24) is 5.32 Å². The summed E-state index contributed by atoms with van der Waals surface area (Å²) in [5.74, 6) is 0.785. The third-order valence-electron chi connectivity index (χ3n) is 6.85. The smallest absolute Gasteiger partial charge is 0.269 e. The lowest BCUT2D eigenvalue weighted by atomic mass is 9.71. The first-order chi connectivity index (χ1) is 17.0. The fraction of sp³-hybridized carbons (Fsp3) is 0.333. The molecule has 0 bridgehead atoms. The average molecular weight is 475 g/mol. The number of Topliss-reactive ketones (excluding diaryl/α,β-unsaturated/α-hetero) is 2. The van der Waals surface area contributed by atoms with Crippen LogP contribution >= 0.6 is 0 Å². The van der Waals surface area contributed by atoms with Crippen LogP contribution in [0, 0.1) is 10.1 Å². The number of methoxy groups -OCH3 is 1. The van der Waals surface area contributed by atoms with Crippen molar-refractivity contribution >= 4 is 17.3 Å². The minimum Gasteiger partial charge on any atom is -0.493 e. The Morgan fingerprint density at radius 1 is 0.914 bits per heavy atom. The van der Waals surface area contributed by atoms with Crippen LogP contribution in [0.5, 0.6) is 11.5 Å². The molecule has 1 N–H and O–H groups in total. The van der Waals surface area contributed by atoms with Crippen LogP contribution in [-0.4, -0.2) is 23.6 Å². The molecular weight excluding hydrogens is 448 g/mol. The molecule has 2 aromatic carbocycles. The largest absolute Gasteiger partial charge is 0.493 e. The molecule has 0 saturated carbocycles. The first-order valence-electron chi connectivity index (χ1n) is 11.8. The molecule has 180 valence electrons. The predicted molar refractivity (Wildman–Crippen MR) is 128 cm³/mol.